The number of ether oxygens (including phenoxy) is 1. The van der Waals surface area contributed by atoms with Crippen molar-refractivity contribution >= 4 is 46.4 Å². The van der Waals surface area contributed by atoms with E-state index in [1.54, 1.807) is 13.2 Å². The molecule has 1 unspecified atom stereocenters. The molecule has 1 nitrogen and oxygen atoms in total. The van der Waals surface area contributed by atoms with E-state index in [1.165, 1.54) is 0 Å². The van der Waals surface area contributed by atoms with Gasteiger partial charge < -0.3 is 4.74 Å². The monoisotopic (exact) mass is 348 g/mol. The van der Waals surface area contributed by atoms with E-state index in [0.717, 1.165) is 11.1 Å². The lowest BCUT2D eigenvalue weighted by Gasteiger charge is -2.12. The number of hydrogen-bond acceptors (Lipinski definition) is 1. The average Bonchev–Trinajstić information content (AvgIpc) is 2.42. The summed E-state index contributed by atoms with van der Waals surface area (Å²) in [6.07, 6.45) is 0.640. The molecule has 0 aliphatic carbocycles. The lowest BCUT2D eigenvalue weighted by Crippen LogP contribution is -1.97. The van der Waals surface area contributed by atoms with Crippen molar-refractivity contribution in [1.29, 1.82) is 0 Å². The van der Waals surface area contributed by atoms with E-state index < -0.39 is 0 Å². The maximum atomic E-state index is 6.42. The normalized spacial score (nSPS) is 12.2. The van der Waals surface area contributed by atoms with E-state index in [2.05, 4.69) is 0 Å². The van der Waals surface area contributed by atoms with Gasteiger partial charge in [-0.05, 0) is 41.8 Å². The number of halogens is 4. The third-order valence-electron chi connectivity index (χ3n) is 2.94. The molecule has 2 rings (SSSR count). The first-order valence-corrected chi connectivity index (χ1v) is 7.49. The van der Waals surface area contributed by atoms with E-state index in [-0.39, 0.29) is 5.38 Å². The largest absolute Gasteiger partial charge is 0.495 e. The van der Waals surface area contributed by atoms with Crippen LogP contribution in [0.2, 0.25) is 15.1 Å². The summed E-state index contributed by atoms with van der Waals surface area (Å²) in [7, 11) is 1.58. The highest BCUT2D eigenvalue weighted by Crippen LogP contribution is 2.33. The van der Waals surface area contributed by atoms with Gasteiger partial charge in [0, 0.05) is 0 Å². The van der Waals surface area contributed by atoms with E-state index in [1.807, 2.05) is 30.3 Å². The fourth-order valence-electron chi connectivity index (χ4n) is 1.87. The third kappa shape index (κ3) is 3.73. The molecule has 0 fully saturated rings. The van der Waals surface area contributed by atoms with Crippen molar-refractivity contribution in [3.8, 4) is 5.75 Å². The fraction of sp³-hybridized carbons (Fsp3) is 0.200. The number of alkyl halides is 1. The van der Waals surface area contributed by atoms with E-state index in [4.69, 9.17) is 51.1 Å². The number of hydrogen-bond donors (Lipinski definition) is 0. The Bertz CT molecular complexity index is 613. The fourth-order valence-corrected chi connectivity index (χ4v) is 2.77. The van der Waals surface area contributed by atoms with Crippen LogP contribution in [0.5, 0.6) is 5.75 Å². The Morgan fingerprint density at radius 2 is 1.70 bits per heavy atom. The molecule has 0 bridgehead atoms. The average molecular weight is 350 g/mol. The van der Waals surface area contributed by atoms with Crippen LogP contribution < -0.4 is 4.74 Å². The SMILES string of the molecule is COc1ccc(C(Cl)Cc2ccc(Cl)c(Cl)c2)cc1Cl. The van der Waals surface area contributed by atoms with E-state index in [0.29, 0.717) is 27.2 Å². The predicted octanol–water partition coefficient (Wildman–Crippen LogP) is 6.18. The van der Waals surface area contributed by atoms with Crippen LogP contribution in [0.4, 0.5) is 0 Å². The molecule has 0 N–H and O–H groups in total. The maximum Gasteiger partial charge on any atom is 0.137 e. The predicted molar refractivity (Wildman–Crippen MR) is 86.8 cm³/mol. The summed E-state index contributed by atoms with van der Waals surface area (Å²) in [5.41, 5.74) is 1.95. The van der Waals surface area contributed by atoms with Gasteiger partial charge in [0.1, 0.15) is 5.75 Å². The van der Waals surface area contributed by atoms with Crippen molar-refractivity contribution in [2.75, 3.05) is 7.11 Å². The molecule has 0 aliphatic rings. The van der Waals surface area contributed by atoms with Crippen molar-refractivity contribution in [2.45, 2.75) is 11.8 Å². The molecule has 0 saturated carbocycles. The smallest absolute Gasteiger partial charge is 0.137 e. The van der Waals surface area contributed by atoms with Crippen LogP contribution in [-0.4, -0.2) is 7.11 Å². The Labute approximate surface area is 138 Å². The molecule has 0 heterocycles. The standard InChI is InChI=1S/C15H12Cl4O/c1-20-15-5-3-10(8-14(15)19)12(17)6-9-2-4-11(16)13(18)7-9/h2-5,7-8,12H,6H2,1H3. The van der Waals surface area contributed by atoms with Gasteiger partial charge in [0.25, 0.3) is 0 Å². The topological polar surface area (TPSA) is 9.23 Å². The van der Waals surface area contributed by atoms with Gasteiger partial charge >= 0.3 is 0 Å². The summed E-state index contributed by atoms with van der Waals surface area (Å²) in [5.74, 6) is 0.633. The van der Waals surface area contributed by atoms with Crippen LogP contribution in [0.3, 0.4) is 0 Å². The first-order valence-electron chi connectivity index (χ1n) is 5.92. The first kappa shape index (κ1) is 15.8. The second kappa shape index (κ2) is 6.91. The number of benzene rings is 2. The molecule has 2 aromatic rings. The molecule has 0 aromatic heterocycles. The Kier molecular flexibility index (Phi) is 5.45. The van der Waals surface area contributed by atoms with E-state index in [9.17, 15) is 0 Å². The Hall–Kier alpha value is -0.600. The summed E-state index contributed by atoms with van der Waals surface area (Å²) < 4.78 is 5.12. The lowest BCUT2D eigenvalue weighted by atomic mass is 10.0. The van der Waals surface area contributed by atoms with Gasteiger partial charge in [-0.3, -0.25) is 0 Å². The third-order valence-corrected chi connectivity index (χ3v) is 4.38. The summed E-state index contributed by atoms with van der Waals surface area (Å²) >= 11 is 24.4. The minimum Gasteiger partial charge on any atom is -0.495 e. The van der Waals surface area contributed by atoms with Gasteiger partial charge in [-0.1, -0.05) is 46.9 Å². The molecule has 20 heavy (non-hydrogen) atoms. The summed E-state index contributed by atoms with van der Waals surface area (Å²) in [4.78, 5) is 0. The maximum absolute atomic E-state index is 6.42. The van der Waals surface area contributed by atoms with Gasteiger partial charge in [-0.15, -0.1) is 11.6 Å². The second-order valence-corrected chi connectivity index (χ2v) is 6.06. The summed E-state index contributed by atoms with van der Waals surface area (Å²) in [5, 5.41) is 1.41. The van der Waals surface area contributed by atoms with Crippen LogP contribution in [0.15, 0.2) is 36.4 Å². The zero-order valence-corrected chi connectivity index (χ0v) is 13.7. The van der Waals surface area contributed by atoms with Gasteiger partial charge in [-0.25, -0.2) is 0 Å². The molecule has 1 atom stereocenters. The summed E-state index contributed by atoms with van der Waals surface area (Å²) in [6.45, 7) is 0. The first-order chi connectivity index (χ1) is 9.51. The minimum absolute atomic E-state index is 0.198. The van der Waals surface area contributed by atoms with Crippen molar-refractivity contribution < 1.29 is 4.74 Å². The zero-order valence-electron chi connectivity index (χ0n) is 10.7. The van der Waals surface area contributed by atoms with Gasteiger partial charge in [0.2, 0.25) is 0 Å². The molecule has 0 saturated heterocycles. The molecule has 106 valence electrons. The van der Waals surface area contributed by atoms with Gasteiger partial charge in [0.05, 0.1) is 27.6 Å². The zero-order chi connectivity index (χ0) is 14.7. The highest BCUT2D eigenvalue weighted by atomic mass is 35.5. The second-order valence-electron chi connectivity index (χ2n) is 4.31. The van der Waals surface area contributed by atoms with Crippen molar-refractivity contribution in [2.24, 2.45) is 0 Å². The van der Waals surface area contributed by atoms with Crippen LogP contribution in [-0.2, 0) is 6.42 Å². The molecular formula is C15H12Cl4O. The van der Waals surface area contributed by atoms with Crippen molar-refractivity contribution in [1.82, 2.24) is 0 Å². The molecule has 0 spiro atoms. The van der Waals surface area contributed by atoms with Crippen LogP contribution in [0, 0.1) is 0 Å². The van der Waals surface area contributed by atoms with Crippen LogP contribution in [0.25, 0.3) is 0 Å². The Balaban J connectivity index is 2.17. The summed E-state index contributed by atoms with van der Waals surface area (Å²) in [6, 6.07) is 11.0. The Morgan fingerprint density at radius 1 is 0.950 bits per heavy atom. The van der Waals surface area contributed by atoms with Crippen LogP contribution in [0.1, 0.15) is 16.5 Å². The molecule has 0 radical (unpaired) electrons. The molecule has 0 aliphatic heterocycles. The molecular weight excluding hydrogens is 338 g/mol. The molecule has 2 aromatic carbocycles. The number of methoxy groups -OCH3 is 1. The minimum atomic E-state index is -0.198. The Morgan fingerprint density at radius 3 is 2.30 bits per heavy atom. The quantitative estimate of drug-likeness (QED) is 0.599. The van der Waals surface area contributed by atoms with Crippen molar-refractivity contribution in [3.63, 3.8) is 0 Å². The van der Waals surface area contributed by atoms with Crippen molar-refractivity contribution in [3.05, 3.63) is 62.6 Å². The van der Waals surface area contributed by atoms with Gasteiger partial charge in [-0.2, -0.15) is 0 Å². The van der Waals surface area contributed by atoms with Gasteiger partial charge in [0.15, 0.2) is 0 Å². The van der Waals surface area contributed by atoms with Crippen LogP contribution >= 0.6 is 46.4 Å². The molecule has 0 amide bonds. The lowest BCUT2D eigenvalue weighted by molar-refractivity contribution is 0.415. The highest BCUT2D eigenvalue weighted by molar-refractivity contribution is 6.42. The molecule has 5 heteroatoms. The van der Waals surface area contributed by atoms with E-state index >= 15 is 0 Å². The number of rotatable bonds is 4. The highest BCUT2D eigenvalue weighted by Gasteiger charge is 2.12.